The Morgan fingerprint density at radius 1 is 1.62 bits per heavy atom. The number of nitrogens with zero attached hydrogens (tertiary/aromatic N) is 1. The molecule has 0 aromatic heterocycles. The zero-order valence-electron chi connectivity index (χ0n) is 7.37. The molecule has 1 atom stereocenters. The molecule has 0 aliphatic carbocycles. The Labute approximate surface area is 76.7 Å². The van der Waals surface area contributed by atoms with Crippen molar-refractivity contribution in [2.45, 2.75) is 13.0 Å². The van der Waals surface area contributed by atoms with Gasteiger partial charge in [0.25, 0.3) is 0 Å². The van der Waals surface area contributed by atoms with E-state index >= 15 is 0 Å². The number of benzene rings is 1. The number of nitriles is 1. The quantitative estimate of drug-likeness (QED) is 0.644. The van der Waals surface area contributed by atoms with Crippen molar-refractivity contribution in [2.75, 3.05) is 6.61 Å². The highest BCUT2D eigenvalue weighted by Gasteiger charge is 2.23. The van der Waals surface area contributed by atoms with Crippen molar-refractivity contribution in [2.24, 2.45) is 5.73 Å². The van der Waals surface area contributed by atoms with E-state index in [2.05, 4.69) is 6.07 Å². The van der Waals surface area contributed by atoms with E-state index in [1.807, 2.05) is 19.1 Å². The van der Waals surface area contributed by atoms with Gasteiger partial charge in [0.2, 0.25) is 0 Å². The number of hydrogen-bond donors (Lipinski definition) is 1. The van der Waals surface area contributed by atoms with E-state index in [4.69, 9.17) is 15.7 Å². The summed E-state index contributed by atoms with van der Waals surface area (Å²) in [5, 5.41) is 8.84. The summed E-state index contributed by atoms with van der Waals surface area (Å²) in [5.41, 5.74) is 8.40. The molecule has 0 radical (unpaired) electrons. The minimum absolute atomic E-state index is 0.0815. The zero-order valence-corrected chi connectivity index (χ0v) is 7.37. The molecule has 1 aliphatic rings. The number of ether oxygens (including phenoxy) is 1. The fourth-order valence-electron chi connectivity index (χ4n) is 1.58. The lowest BCUT2D eigenvalue weighted by molar-refractivity contribution is 0.332. The second-order valence-electron chi connectivity index (χ2n) is 3.26. The largest absolute Gasteiger partial charge is 0.490 e. The topological polar surface area (TPSA) is 59.0 Å². The fourth-order valence-corrected chi connectivity index (χ4v) is 1.58. The number of aryl methyl sites for hydroxylation is 1. The highest BCUT2D eigenvalue weighted by molar-refractivity contribution is 5.53. The molecule has 0 bridgehead atoms. The van der Waals surface area contributed by atoms with Crippen molar-refractivity contribution >= 4 is 0 Å². The van der Waals surface area contributed by atoms with Crippen molar-refractivity contribution in [3.05, 3.63) is 28.8 Å². The summed E-state index contributed by atoms with van der Waals surface area (Å²) in [6, 6.07) is 5.82. The Morgan fingerprint density at radius 2 is 2.38 bits per heavy atom. The van der Waals surface area contributed by atoms with E-state index in [-0.39, 0.29) is 6.04 Å². The van der Waals surface area contributed by atoms with Gasteiger partial charge in [-0.05, 0) is 18.6 Å². The van der Waals surface area contributed by atoms with E-state index in [0.717, 1.165) is 11.1 Å². The predicted octanol–water partition coefficient (Wildman–Crippen LogP) is 1.26. The normalized spacial score (nSPS) is 19.0. The molecular weight excluding hydrogens is 164 g/mol. The van der Waals surface area contributed by atoms with Gasteiger partial charge in [-0.25, -0.2) is 0 Å². The van der Waals surface area contributed by atoms with Crippen LogP contribution < -0.4 is 10.5 Å². The van der Waals surface area contributed by atoms with Gasteiger partial charge in [0.1, 0.15) is 18.4 Å². The third-order valence-corrected chi connectivity index (χ3v) is 2.19. The first-order chi connectivity index (χ1) is 6.22. The molecule has 0 fully saturated rings. The molecule has 1 aromatic carbocycles. The van der Waals surface area contributed by atoms with E-state index in [1.54, 1.807) is 0 Å². The average Bonchev–Trinajstić information content (AvgIpc) is 2.47. The molecule has 2 rings (SSSR count). The molecule has 3 heteroatoms. The van der Waals surface area contributed by atoms with Gasteiger partial charge in [0.15, 0.2) is 0 Å². The summed E-state index contributed by atoms with van der Waals surface area (Å²) >= 11 is 0. The van der Waals surface area contributed by atoms with Crippen LogP contribution in [0.3, 0.4) is 0 Å². The Bertz CT molecular complexity index is 393. The van der Waals surface area contributed by atoms with Gasteiger partial charge in [0, 0.05) is 5.56 Å². The van der Waals surface area contributed by atoms with Crippen LogP contribution in [0.4, 0.5) is 0 Å². The predicted molar refractivity (Wildman–Crippen MR) is 48.3 cm³/mol. The molecule has 0 saturated heterocycles. The molecule has 2 N–H and O–H groups in total. The molecule has 1 heterocycles. The summed E-state index contributed by atoms with van der Waals surface area (Å²) < 4.78 is 5.34. The zero-order chi connectivity index (χ0) is 9.42. The van der Waals surface area contributed by atoms with Crippen molar-refractivity contribution in [3.8, 4) is 11.8 Å². The molecule has 0 unspecified atom stereocenters. The minimum atomic E-state index is -0.0815. The van der Waals surface area contributed by atoms with Gasteiger partial charge in [-0.15, -0.1) is 0 Å². The van der Waals surface area contributed by atoms with Crippen molar-refractivity contribution in [3.63, 3.8) is 0 Å². The maximum absolute atomic E-state index is 8.84. The van der Waals surface area contributed by atoms with E-state index < -0.39 is 0 Å². The van der Waals surface area contributed by atoms with Crippen LogP contribution in [0, 0.1) is 18.3 Å². The summed E-state index contributed by atoms with van der Waals surface area (Å²) in [4.78, 5) is 0. The second kappa shape index (κ2) is 2.75. The molecule has 0 saturated carbocycles. The smallest absolute Gasteiger partial charge is 0.142 e. The highest BCUT2D eigenvalue weighted by Crippen LogP contribution is 2.34. The van der Waals surface area contributed by atoms with Gasteiger partial charge in [-0.1, -0.05) is 6.07 Å². The van der Waals surface area contributed by atoms with Gasteiger partial charge < -0.3 is 10.5 Å². The van der Waals surface area contributed by atoms with Crippen LogP contribution in [-0.4, -0.2) is 6.61 Å². The Balaban J connectivity index is 2.65. The van der Waals surface area contributed by atoms with Gasteiger partial charge >= 0.3 is 0 Å². The maximum Gasteiger partial charge on any atom is 0.142 e. The van der Waals surface area contributed by atoms with Crippen LogP contribution in [-0.2, 0) is 0 Å². The third kappa shape index (κ3) is 1.16. The molecule has 0 spiro atoms. The Hall–Kier alpha value is -1.53. The van der Waals surface area contributed by atoms with Gasteiger partial charge in [-0.2, -0.15) is 5.26 Å². The lowest BCUT2D eigenvalue weighted by atomic mass is 10.0. The standard InChI is InChI=1S/C10H10N2O/c1-6-2-7(4-11)10-8(3-6)9(12)5-13-10/h2-3,9H,5,12H2,1H3/t9-/m1/s1. The first-order valence-electron chi connectivity index (χ1n) is 4.15. The van der Waals surface area contributed by atoms with Crippen molar-refractivity contribution in [1.29, 1.82) is 5.26 Å². The lowest BCUT2D eigenvalue weighted by Gasteiger charge is -2.03. The number of fused-ring (bicyclic) bond motifs is 1. The van der Waals surface area contributed by atoms with Crippen molar-refractivity contribution in [1.82, 2.24) is 0 Å². The van der Waals surface area contributed by atoms with E-state index in [9.17, 15) is 0 Å². The van der Waals surface area contributed by atoms with Crippen LogP contribution in [0.5, 0.6) is 5.75 Å². The molecule has 1 aromatic rings. The minimum Gasteiger partial charge on any atom is -0.490 e. The number of nitrogens with two attached hydrogens (primary N) is 1. The van der Waals surface area contributed by atoms with Crippen LogP contribution in [0.25, 0.3) is 0 Å². The number of rotatable bonds is 0. The first kappa shape index (κ1) is 8.09. The third-order valence-electron chi connectivity index (χ3n) is 2.19. The van der Waals surface area contributed by atoms with Gasteiger partial charge in [0.05, 0.1) is 11.6 Å². The molecule has 13 heavy (non-hydrogen) atoms. The van der Waals surface area contributed by atoms with Crippen LogP contribution in [0.2, 0.25) is 0 Å². The average molecular weight is 174 g/mol. The molecular formula is C10H10N2O. The summed E-state index contributed by atoms with van der Waals surface area (Å²) in [5.74, 6) is 0.667. The molecule has 66 valence electrons. The SMILES string of the molecule is Cc1cc(C#N)c2c(c1)[C@H](N)CO2. The molecule has 0 amide bonds. The monoisotopic (exact) mass is 174 g/mol. The number of hydrogen-bond acceptors (Lipinski definition) is 3. The van der Waals surface area contributed by atoms with Gasteiger partial charge in [-0.3, -0.25) is 0 Å². The highest BCUT2D eigenvalue weighted by atomic mass is 16.5. The fraction of sp³-hybridized carbons (Fsp3) is 0.300. The summed E-state index contributed by atoms with van der Waals surface area (Å²) in [7, 11) is 0. The Morgan fingerprint density at radius 3 is 3.08 bits per heavy atom. The molecule has 3 nitrogen and oxygen atoms in total. The first-order valence-corrected chi connectivity index (χ1v) is 4.15. The van der Waals surface area contributed by atoms with Crippen LogP contribution >= 0.6 is 0 Å². The lowest BCUT2D eigenvalue weighted by Crippen LogP contribution is -2.10. The maximum atomic E-state index is 8.84. The second-order valence-corrected chi connectivity index (χ2v) is 3.26. The van der Waals surface area contributed by atoms with E-state index in [0.29, 0.717) is 17.9 Å². The van der Waals surface area contributed by atoms with Crippen LogP contribution in [0.1, 0.15) is 22.7 Å². The van der Waals surface area contributed by atoms with E-state index in [1.165, 1.54) is 0 Å². The Kier molecular flexibility index (Phi) is 1.71. The summed E-state index contributed by atoms with van der Waals surface area (Å²) in [6.07, 6.45) is 0. The van der Waals surface area contributed by atoms with Crippen LogP contribution in [0.15, 0.2) is 12.1 Å². The molecule has 1 aliphatic heterocycles. The van der Waals surface area contributed by atoms with Crippen molar-refractivity contribution < 1.29 is 4.74 Å². The summed E-state index contributed by atoms with van der Waals surface area (Å²) in [6.45, 7) is 2.43.